The lowest BCUT2D eigenvalue weighted by molar-refractivity contribution is -0.121. The van der Waals surface area contributed by atoms with E-state index in [9.17, 15) is 9.59 Å². The molecule has 0 saturated heterocycles. The molecule has 0 saturated carbocycles. The van der Waals surface area contributed by atoms with Crippen LogP contribution in [0.1, 0.15) is 30.2 Å². The Morgan fingerprint density at radius 3 is 2.54 bits per heavy atom. The molecule has 1 aromatic heterocycles. The summed E-state index contributed by atoms with van der Waals surface area (Å²) in [6, 6.07) is 17.5. The molecule has 0 unspecified atom stereocenters. The van der Waals surface area contributed by atoms with Crippen molar-refractivity contribution >= 4 is 28.9 Å². The Bertz CT molecular complexity index is 974. The van der Waals surface area contributed by atoms with E-state index >= 15 is 0 Å². The van der Waals surface area contributed by atoms with Crippen molar-refractivity contribution in [1.82, 2.24) is 10.6 Å². The SMILES string of the molecule is CCc1oc2ccccc2c1/C=C/C(=O)NCCC(=O)NCc1ccccc1. The van der Waals surface area contributed by atoms with Crippen LogP contribution < -0.4 is 10.6 Å². The summed E-state index contributed by atoms with van der Waals surface area (Å²) >= 11 is 0. The van der Waals surface area contributed by atoms with E-state index in [1.54, 1.807) is 6.08 Å². The molecule has 0 aliphatic rings. The van der Waals surface area contributed by atoms with Crippen LogP contribution in [-0.4, -0.2) is 18.4 Å². The first-order valence-corrected chi connectivity index (χ1v) is 9.44. The number of amides is 2. The number of nitrogens with one attached hydrogen (secondary N) is 2. The number of furan rings is 1. The van der Waals surface area contributed by atoms with E-state index < -0.39 is 0 Å². The minimum atomic E-state index is -0.233. The molecule has 0 spiro atoms. The topological polar surface area (TPSA) is 71.3 Å². The Kier molecular flexibility index (Phi) is 6.63. The van der Waals surface area contributed by atoms with Crippen LogP contribution in [0.3, 0.4) is 0 Å². The second kappa shape index (κ2) is 9.55. The highest BCUT2D eigenvalue weighted by Crippen LogP contribution is 2.27. The van der Waals surface area contributed by atoms with Gasteiger partial charge in [-0.1, -0.05) is 55.5 Å². The van der Waals surface area contributed by atoms with Crippen LogP contribution in [0.5, 0.6) is 0 Å². The highest BCUT2D eigenvalue weighted by atomic mass is 16.3. The first kappa shape index (κ1) is 19.4. The molecule has 3 aromatic rings. The molecule has 2 amide bonds. The monoisotopic (exact) mass is 376 g/mol. The summed E-state index contributed by atoms with van der Waals surface area (Å²) in [4.78, 5) is 24.0. The summed E-state index contributed by atoms with van der Waals surface area (Å²) in [7, 11) is 0. The molecule has 0 bridgehead atoms. The van der Waals surface area contributed by atoms with E-state index in [-0.39, 0.29) is 24.8 Å². The Morgan fingerprint density at radius 1 is 1.00 bits per heavy atom. The van der Waals surface area contributed by atoms with Gasteiger partial charge in [0.2, 0.25) is 11.8 Å². The fourth-order valence-electron chi connectivity index (χ4n) is 2.96. The highest BCUT2D eigenvalue weighted by molar-refractivity contribution is 5.96. The van der Waals surface area contributed by atoms with Crippen molar-refractivity contribution in [2.45, 2.75) is 26.3 Å². The summed E-state index contributed by atoms with van der Waals surface area (Å²) in [5.41, 5.74) is 2.78. The van der Waals surface area contributed by atoms with Crippen molar-refractivity contribution in [1.29, 1.82) is 0 Å². The molecule has 0 radical (unpaired) electrons. The van der Waals surface area contributed by atoms with Gasteiger partial charge in [0.05, 0.1) is 0 Å². The van der Waals surface area contributed by atoms with E-state index in [0.717, 1.165) is 34.3 Å². The number of fused-ring (bicyclic) bond motifs is 1. The third-order valence-corrected chi connectivity index (χ3v) is 4.42. The Morgan fingerprint density at radius 2 is 1.75 bits per heavy atom. The molecule has 0 aliphatic carbocycles. The van der Waals surface area contributed by atoms with E-state index in [4.69, 9.17) is 4.42 Å². The first-order valence-electron chi connectivity index (χ1n) is 9.44. The van der Waals surface area contributed by atoms with Gasteiger partial charge >= 0.3 is 0 Å². The predicted molar refractivity (Wildman–Crippen MR) is 111 cm³/mol. The predicted octanol–water partition coefficient (Wildman–Crippen LogP) is 3.83. The zero-order valence-electron chi connectivity index (χ0n) is 15.9. The van der Waals surface area contributed by atoms with E-state index in [2.05, 4.69) is 10.6 Å². The maximum absolute atomic E-state index is 12.1. The number of hydrogen-bond acceptors (Lipinski definition) is 3. The molecule has 144 valence electrons. The summed E-state index contributed by atoms with van der Waals surface area (Å²) in [5, 5.41) is 6.57. The molecule has 5 nitrogen and oxygen atoms in total. The highest BCUT2D eigenvalue weighted by Gasteiger charge is 2.10. The van der Waals surface area contributed by atoms with Crippen LogP contribution in [0.4, 0.5) is 0 Å². The number of aryl methyl sites for hydroxylation is 1. The summed E-state index contributed by atoms with van der Waals surface area (Å²) in [6.07, 6.45) is 4.24. The number of para-hydroxylation sites is 1. The van der Waals surface area contributed by atoms with E-state index in [1.807, 2.05) is 61.5 Å². The van der Waals surface area contributed by atoms with Crippen LogP contribution >= 0.6 is 0 Å². The fraction of sp³-hybridized carbons (Fsp3) is 0.217. The Balaban J connectivity index is 1.47. The summed E-state index contributed by atoms with van der Waals surface area (Å²) in [6.45, 7) is 2.79. The van der Waals surface area contributed by atoms with Crippen LogP contribution in [0.15, 0.2) is 65.1 Å². The zero-order valence-corrected chi connectivity index (χ0v) is 15.9. The minimum absolute atomic E-state index is 0.0952. The second-order valence-corrected chi connectivity index (χ2v) is 6.43. The lowest BCUT2D eigenvalue weighted by atomic mass is 10.1. The van der Waals surface area contributed by atoms with Gasteiger partial charge in [-0.05, 0) is 17.7 Å². The van der Waals surface area contributed by atoms with E-state index in [1.165, 1.54) is 6.08 Å². The lowest BCUT2D eigenvalue weighted by Crippen LogP contribution is -2.29. The van der Waals surface area contributed by atoms with Crippen molar-refractivity contribution in [3.63, 3.8) is 0 Å². The standard InChI is InChI=1S/C23H24N2O3/c1-2-20-19(18-10-6-7-11-21(18)28-20)12-13-22(26)24-15-14-23(27)25-16-17-8-4-3-5-9-17/h3-13H,2,14-16H2,1H3,(H,24,26)(H,25,27)/b13-12+. The summed E-state index contributed by atoms with van der Waals surface area (Å²) < 4.78 is 5.82. The quantitative estimate of drug-likeness (QED) is 0.587. The number of hydrogen-bond donors (Lipinski definition) is 2. The normalized spacial score (nSPS) is 11.0. The molecular weight excluding hydrogens is 352 g/mol. The minimum Gasteiger partial charge on any atom is -0.460 e. The van der Waals surface area contributed by atoms with Crippen LogP contribution in [0.25, 0.3) is 17.0 Å². The van der Waals surface area contributed by atoms with Crippen molar-refractivity contribution in [3.05, 3.63) is 77.6 Å². The molecular formula is C23H24N2O3. The molecule has 2 N–H and O–H groups in total. The Labute approximate surface area is 164 Å². The Hall–Kier alpha value is -3.34. The number of carbonyl (C=O) groups is 2. The van der Waals surface area contributed by atoms with Crippen molar-refractivity contribution < 1.29 is 14.0 Å². The van der Waals surface area contributed by atoms with Gasteiger partial charge < -0.3 is 15.1 Å². The molecule has 28 heavy (non-hydrogen) atoms. The number of rotatable bonds is 8. The molecule has 0 aliphatic heterocycles. The van der Waals surface area contributed by atoms with Gasteiger partial charge in [0.1, 0.15) is 11.3 Å². The number of benzene rings is 2. The molecule has 0 atom stereocenters. The molecule has 0 fully saturated rings. The van der Waals surface area contributed by atoms with Gasteiger partial charge in [0.25, 0.3) is 0 Å². The third-order valence-electron chi connectivity index (χ3n) is 4.42. The second-order valence-electron chi connectivity index (χ2n) is 6.43. The van der Waals surface area contributed by atoms with Crippen LogP contribution in [-0.2, 0) is 22.6 Å². The van der Waals surface area contributed by atoms with Crippen LogP contribution in [0.2, 0.25) is 0 Å². The van der Waals surface area contributed by atoms with Crippen molar-refractivity contribution in [2.75, 3.05) is 6.54 Å². The largest absolute Gasteiger partial charge is 0.460 e. The maximum Gasteiger partial charge on any atom is 0.244 e. The molecule has 2 aromatic carbocycles. The van der Waals surface area contributed by atoms with E-state index in [0.29, 0.717) is 6.54 Å². The van der Waals surface area contributed by atoms with Gasteiger partial charge in [-0.3, -0.25) is 9.59 Å². The lowest BCUT2D eigenvalue weighted by Gasteiger charge is -2.05. The first-order chi connectivity index (χ1) is 13.7. The number of carbonyl (C=O) groups excluding carboxylic acids is 2. The van der Waals surface area contributed by atoms with Crippen LogP contribution in [0, 0.1) is 0 Å². The van der Waals surface area contributed by atoms with Gasteiger partial charge in [0, 0.05) is 43.0 Å². The van der Waals surface area contributed by atoms with Crippen molar-refractivity contribution in [3.8, 4) is 0 Å². The average molecular weight is 376 g/mol. The third kappa shape index (κ3) is 5.10. The van der Waals surface area contributed by atoms with Crippen molar-refractivity contribution in [2.24, 2.45) is 0 Å². The zero-order chi connectivity index (χ0) is 19.8. The average Bonchev–Trinajstić information content (AvgIpc) is 3.09. The maximum atomic E-state index is 12.1. The summed E-state index contributed by atoms with van der Waals surface area (Å²) in [5.74, 6) is 0.524. The van der Waals surface area contributed by atoms with Gasteiger partial charge in [-0.2, -0.15) is 0 Å². The van der Waals surface area contributed by atoms with Gasteiger partial charge in [0.15, 0.2) is 0 Å². The fourth-order valence-corrected chi connectivity index (χ4v) is 2.96. The molecule has 1 heterocycles. The van der Waals surface area contributed by atoms with Gasteiger partial charge in [-0.15, -0.1) is 0 Å². The van der Waals surface area contributed by atoms with Gasteiger partial charge in [-0.25, -0.2) is 0 Å². The smallest absolute Gasteiger partial charge is 0.244 e. The molecule has 5 heteroatoms. The molecule has 3 rings (SSSR count).